The maximum Gasteiger partial charge on any atom is 0.299 e. The van der Waals surface area contributed by atoms with Crippen LogP contribution in [-0.4, -0.2) is 10.8 Å². The summed E-state index contributed by atoms with van der Waals surface area (Å²) in [6, 6.07) is 5.69. The van der Waals surface area contributed by atoms with Crippen LogP contribution in [0.2, 0.25) is 14.4 Å². The largest absolute Gasteiger partial charge is 0.320 e. The van der Waals surface area contributed by atoms with Crippen molar-refractivity contribution in [3.05, 3.63) is 53.6 Å². The first-order chi connectivity index (χ1) is 9.38. The van der Waals surface area contributed by atoms with Gasteiger partial charge in [0.2, 0.25) is 0 Å². The van der Waals surface area contributed by atoms with Gasteiger partial charge in [0.15, 0.2) is 4.34 Å². The van der Waals surface area contributed by atoms with Crippen LogP contribution in [0.4, 0.5) is 11.4 Å². The van der Waals surface area contributed by atoms with Gasteiger partial charge < -0.3 is 5.32 Å². The van der Waals surface area contributed by atoms with Gasteiger partial charge in [-0.3, -0.25) is 14.9 Å². The molecule has 2 rings (SSSR count). The molecule has 2 aromatic rings. The topological polar surface area (TPSA) is 72.2 Å². The number of carbonyl (C=O) groups excluding carboxylic acids is 1. The smallest absolute Gasteiger partial charge is 0.299 e. The Bertz CT molecular complexity index is 702. The molecular formula is C11H5Cl3N2O3S. The van der Waals surface area contributed by atoms with Crippen molar-refractivity contribution in [3.8, 4) is 0 Å². The fourth-order valence-electron chi connectivity index (χ4n) is 1.37. The predicted octanol–water partition coefficient (Wildman–Crippen LogP) is 4.87. The molecule has 0 saturated carbocycles. The van der Waals surface area contributed by atoms with Gasteiger partial charge >= 0.3 is 0 Å². The van der Waals surface area contributed by atoms with E-state index in [-0.39, 0.29) is 19.9 Å². The number of nitro groups is 1. The van der Waals surface area contributed by atoms with Crippen LogP contribution < -0.4 is 5.32 Å². The van der Waals surface area contributed by atoms with Crippen molar-refractivity contribution in [3.63, 3.8) is 0 Å². The molecule has 0 atom stereocenters. The fraction of sp³-hybridized carbons (Fsp3) is 0. The van der Waals surface area contributed by atoms with Crippen LogP contribution in [0.15, 0.2) is 24.3 Å². The molecule has 0 aliphatic rings. The lowest BCUT2D eigenvalue weighted by atomic mass is 10.3. The van der Waals surface area contributed by atoms with Gasteiger partial charge in [-0.05, 0) is 18.2 Å². The predicted molar refractivity (Wildman–Crippen MR) is 80.4 cm³/mol. The third kappa shape index (κ3) is 3.21. The summed E-state index contributed by atoms with van der Waals surface area (Å²) >= 11 is 18.2. The van der Waals surface area contributed by atoms with Crippen molar-refractivity contribution in [1.29, 1.82) is 0 Å². The number of hydrogen-bond acceptors (Lipinski definition) is 4. The molecule has 0 unspecified atom stereocenters. The molecule has 0 aliphatic heterocycles. The average molecular weight is 352 g/mol. The molecule has 20 heavy (non-hydrogen) atoms. The number of nitrogens with zero attached hydrogens (tertiary/aromatic N) is 1. The maximum atomic E-state index is 12.0. The summed E-state index contributed by atoms with van der Waals surface area (Å²) in [5.41, 5.74) is 0.0530. The number of amides is 1. The van der Waals surface area contributed by atoms with E-state index in [9.17, 15) is 14.9 Å². The number of benzene rings is 1. The molecule has 104 valence electrons. The molecule has 0 fully saturated rings. The Morgan fingerprint density at radius 2 is 1.95 bits per heavy atom. The first kappa shape index (κ1) is 15.1. The molecule has 1 aromatic carbocycles. The monoisotopic (exact) mass is 350 g/mol. The van der Waals surface area contributed by atoms with Crippen LogP contribution in [-0.2, 0) is 0 Å². The zero-order chi connectivity index (χ0) is 14.9. The molecular weight excluding hydrogens is 347 g/mol. The van der Waals surface area contributed by atoms with Crippen LogP contribution in [0.3, 0.4) is 0 Å². The quantitative estimate of drug-likeness (QED) is 0.633. The minimum atomic E-state index is -0.648. The minimum Gasteiger partial charge on any atom is -0.320 e. The van der Waals surface area contributed by atoms with Gasteiger partial charge in [-0.1, -0.05) is 34.8 Å². The van der Waals surface area contributed by atoms with Gasteiger partial charge in [0, 0.05) is 11.1 Å². The molecule has 0 spiro atoms. The summed E-state index contributed by atoms with van der Waals surface area (Å²) in [5.74, 6) is -0.533. The third-order valence-corrected chi connectivity index (χ3v) is 4.15. The number of hydrogen-bond donors (Lipinski definition) is 1. The number of halogens is 3. The van der Waals surface area contributed by atoms with E-state index in [1.54, 1.807) is 6.07 Å². The lowest BCUT2D eigenvalue weighted by Crippen LogP contribution is -2.10. The van der Waals surface area contributed by atoms with Gasteiger partial charge in [-0.15, -0.1) is 11.3 Å². The van der Waals surface area contributed by atoms with Gasteiger partial charge in [-0.25, -0.2) is 0 Å². The highest BCUT2D eigenvalue weighted by Gasteiger charge is 2.21. The Balaban J connectivity index is 2.24. The van der Waals surface area contributed by atoms with Crippen LogP contribution in [0, 0.1) is 10.1 Å². The number of thiophene rings is 1. The zero-order valence-electron chi connectivity index (χ0n) is 9.52. The Morgan fingerprint density at radius 3 is 2.50 bits per heavy atom. The molecule has 0 saturated heterocycles. The van der Waals surface area contributed by atoms with E-state index in [1.807, 2.05) is 0 Å². The lowest BCUT2D eigenvalue weighted by Gasteiger charge is -2.05. The summed E-state index contributed by atoms with van der Waals surface area (Å²) < 4.78 is -0.0534. The first-order valence-corrected chi connectivity index (χ1v) is 7.03. The molecule has 0 radical (unpaired) electrons. The highest BCUT2D eigenvalue weighted by Crippen LogP contribution is 2.34. The minimum absolute atomic E-state index is 0.0534. The van der Waals surface area contributed by atoms with Crippen LogP contribution in [0.5, 0.6) is 0 Å². The van der Waals surface area contributed by atoms with Crippen LogP contribution in [0.25, 0.3) is 0 Å². The second-order valence-corrected chi connectivity index (χ2v) is 6.10. The molecule has 1 aromatic heterocycles. The summed E-state index contributed by atoms with van der Waals surface area (Å²) in [6.45, 7) is 0. The van der Waals surface area contributed by atoms with Crippen LogP contribution >= 0.6 is 46.1 Å². The van der Waals surface area contributed by atoms with E-state index in [2.05, 4.69) is 5.32 Å². The average Bonchev–Trinajstić information content (AvgIpc) is 2.75. The second-order valence-electron chi connectivity index (χ2n) is 3.60. The molecule has 5 nitrogen and oxygen atoms in total. The number of carbonyl (C=O) groups is 1. The van der Waals surface area contributed by atoms with Crippen molar-refractivity contribution in [2.24, 2.45) is 0 Å². The van der Waals surface area contributed by atoms with Gasteiger partial charge in [-0.2, -0.15) is 0 Å². The second kappa shape index (κ2) is 5.97. The molecule has 0 aliphatic carbocycles. The SMILES string of the molecule is O=C(Nc1ccc(Cl)cc1Cl)c1cc([N+](=O)[O-])c(Cl)s1. The Morgan fingerprint density at radius 1 is 1.25 bits per heavy atom. The Hall–Kier alpha value is -1.34. The van der Waals surface area contributed by atoms with Gasteiger partial charge in [0.1, 0.15) is 4.88 Å². The number of anilines is 1. The van der Waals surface area contributed by atoms with E-state index in [0.717, 1.165) is 17.4 Å². The maximum absolute atomic E-state index is 12.0. The first-order valence-electron chi connectivity index (χ1n) is 5.08. The van der Waals surface area contributed by atoms with Gasteiger partial charge in [0.25, 0.3) is 11.6 Å². The van der Waals surface area contributed by atoms with E-state index in [4.69, 9.17) is 34.8 Å². The van der Waals surface area contributed by atoms with Gasteiger partial charge in [0.05, 0.1) is 15.6 Å². The van der Waals surface area contributed by atoms with Crippen molar-refractivity contribution in [2.45, 2.75) is 0 Å². The molecule has 9 heteroatoms. The lowest BCUT2D eigenvalue weighted by molar-refractivity contribution is -0.384. The molecule has 0 bridgehead atoms. The normalized spacial score (nSPS) is 10.3. The summed E-state index contributed by atoms with van der Waals surface area (Å²) in [4.78, 5) is 22.1. The van der Waals surface area contributed by atoms with Crippen molar-refractivity contribution in [1.82, 2.24) is 0 Å². The zero-order valence-corrected chi connectivity index (χ0v) is 12.6. The number of nitrogens with one attached hydrogen (secondary N) is 1. The van der Waals surface area contributed by atoms with Crippen molar-refractivity contribution in [2.75, 3.05) is 5.32 Å². The van der Waals surface area contributed by atoms with E-state index in [1.165, 1.54) is 12.1 Å². The van der Waals surface area contributed by atoms with E-state index < -0.39 is 10.8 Å². The van der Waals surface area contributed by atoms with E-state index in [0.29, 0.717) is 10.7 Å². The standard InChI is InChI=1S/C11H5Cl3N2O3S/c12-5-1-2-7(6(13)3-5)15-11(17)9-4-8(16(18)19)10(14)20-9/h1-4H,(H,15,17). The molecule has 1 heterocycles. The van der Waals surface area contributed by atoms with Crippen molar-refractivity contribution >= 4 is 63.4 Å². The Kier molecular flexibility index (Phi) is 4.49. The highest BCUT2D eigenvalue weighted by atomic mass is 35.5. The molecule has 1 N–H and O–H groups in total. The highest BCUT2D eigenvalue weighted by molar-refractivity contribution is 7.18. The third-order valence-electron chi connectivity index (χ3n) is 2.27. The summed E-state index contributed by atoms with van der Waals surface area (Å²) in [5, 5.41) is 13.9. The summed E-state index contributed by atoms with van der Waals surface area (Å²) in [6.07, 6.45) is 0. The summed E-state index contributed by atoms with van der Waals surface area (Å²) in [7, 11) is 0. The van der Waals surface area contributed by atoms with Crippen LogP contribution in [0.1, 0.15) is 9.67 Å². The Labute approximate surface area is 132 Å². The molecule has 1 amide bonds. The van der Waals surface area contributed by atoms with E-state index >= 15 is 0 Å². The number of rotatable bonds is 3. The van der Waals surface area contributed by atoms with Crippen molar-refractivity contribution < 1.29 is 9.72 Å². The fourth-order valence-corrected chi connectivity index (χ4v) is 2.94.